The summed E-state index contributed by atoms with van der Waals surface area (Å²) in [6.45, 7) is 4.46. The first kappa shape index (κ1) is 13.1. The molecule has 0 aliphatic heterocycles. The fourth-order valence-corrected chi connectivity index (χ4v) is 0.500. The van der Waals surface area contributed by atoms with E-state index in [9.17, 15) is 0 Å². The van der Waals surface area contributed by atoms with Crippen LogP contribution in [-0.4, -0.2) is 0 Å². The molecule has 0 aliphatic carbocycles. The van der Waals surface area contributed by atoms with E-state index in [2.05, 4.69) is 13.8 Å². The summed E-state index contributed by atoms with van der Waals surface area (Å²) in [4.78, 5) is 0. The summed E-state index contributed by atoms with van der Waals surface area (Å²) in [5.74, 6) is 0. The zero-order valence-electron chi connectivity index (χ0n) is 6.29. The molecule has 0 unspecified atom stereocenters. The van der Waals surface area contributed by atoms with Crippen LogP contribution in [0.2, 0.25) is 0 Å². The van der Waals surface area contributed by atoms with Gasteiger partial charge in [-0.1, -0.05) is 39.5 Å². The van der Waals surface area contributed by atoms with Crippen molar-refractivity contribution in [1.82, 2.24) is 0 Å². The predicted octanol–water partition coefficient (Wildman–Crippen LogP) is 3.96. The van der Waals surface area contributed by atoms with Crippen molar-refractivity contribution in [1.29, 1.82) is 0 Å². The van der Waals surface area contributed by atoms with Gasteiger partial charge in [0.2, 0.25) is 0 Å². The summed E-state index contributed by atoms with van der Waals surface area (Å²) < 4.78 is 0. The molecule has 0 aromatic heterocycles. The topological polar surface area (TPSA) is 0 Å². The van der Waals surface area contributed by atoms with E-state index in [0.717, 1.165) is 0 Å². The normalized spacial score (nSPS) is 7.11. The van der Waals surface area contributed by atoms with Gasteiger partial charge < -0.3 is 0 Å². The van der Waals surface area contributed by atoms with Gasteiger partial charge in [-0.3, -0.25) is 0 Å². The molecule has 0 aliphatic rings. The number of hydrogen-bond donors (Lipinski definition) is 0. The van der Waals surface area contributed by atoms with Gasteiger partial charge in [0, 0.05) is 0 Å². The molecule has 0 radical (unpaired) electrons. The molecule has 0 aromatic rings. The summed E-state index contributed by atoms with van der Waals surface area (Å²) in [7, 11) is 9.97. The summed E-state index contributed by atoms with van der Waals surface area (Å²) in [6.07, 6.45) is 5.54. The molecular weight excluding hydrogens is 344 g/mol. The molecule has 0 nitrogen and oxygen atoms in total. The van der Waals surface area contributed by atoms with Crippen molar-refractivity contribution in [2.75, 3.05) is 0 Å². The second kappa shape index (κ2) is 16.3. The predicted molar refractivity (Wildman–Crippen MR) is 41.5 cm³/mol. The minimum absolute atomic E-state index is 1.14. The first-order chi connectivity index (χ1) is 4.33. The van der Waals surface area contributed by atoms with E-state index in [-0.39, 0.29) is 0 Å². The molecule has 0 saturated carbocycles. The van der Waals surface area contributed by atoms with Crippen molar-refractivity contribution in [3.05, 3.63) is 0 Å². The average Bonchev–Trinajstić information content (AvgIpc) is 1.86. The van der Waals surface area contributed by atoms with Gasteiger partial charge in [0.25, 0.3) is 0 Å². The molecule has 54 valence electrons. The Hall–Kier alpha value is 1.52. The average molecular weight is 358 g/mol. The van der Waals surface area contributed by atoms with Gasteiger partial charge in [-0.15, -0.1) is 0 Å². The third-order valence-corrected chi connectivity index (χ3v) is 0.957. The van der Waals surface area contributed by atoms with E-state index in [1.54, 1.807) is 0 Å². The van der Waals surface area contributed by atoms with Crippen molar-refractivity contribution in [2.45, 2.75) is 39.5 Å². The zero-order chi connectivity index (χ0) is 7.54. The summed E-state index contributed by atoms with van der Waals surface area (Å²) in [5.41, 5.74) is 0. The van der Waals surface area contributed by atoms with Crippen LogP contribution < -0.4 is 0 Å². The number of hydrogen-bond acceptors (Lipinski definition) is 0. The van der Waals surface area contributed by atoms with Gasteiger partial charge in [-0.2, -0.15) is 0 Å². The maximum atomic E-state index is 4.99. The van der Waals surface area contributed by atoms with E-state index < -0.39 is 22.1 Å². The second-order valence-electron chi connectivity index (χ2n) is 1.81. The van der Waals surface area contributed by atoms with E-state index in [1.807, 2.05) is 0 Å². The van der Waals surface area contributed by atoms with Crippen LogP contribution in [0.3, 0.4) is 0 Å². The molecule has 3 heteroatoms. The third-order valence-electron chi connectivity index (χ3n) is 0.957. The molecule has 0 aromatic carbocycles. The van der Waals surface area contributed by atoms with Crippen LogP contribution in [0.15, 0.2) is 0 Å². The molecule has 9 heavy (non-hydrogen) atoms. The molecular formula is C6H14Cl2Hg. The standard InChI is InChI=1S/C6H14.2ClH.Hg/c1-3-5-6-4-2;;;/h3-6H2,1-2H3;2*1H;/q;;;+2/p-2. The van der Waals surface area contributed by atoms with E-state index in [1.165, 1.54) is 25.7 Å². The van der Waals surface area contributed by atoms with Crippen molar-refractivity contribution in [3.63, 3.8) is 0 Å². The Morgan fingerprint density at radius 3 is 1.33 bits per heavy atom. The maximum absolute atomic E-state index is 4.99. The molecule has 0 N–H and O–H groups in total. The molecule has 0 rings (SSSR count). The Morgan fingerprint density at radius 2 is 1.22 bits per heavy atom. The second-order valence-corrected chi connectivity index (χ2v) is 9.68. The van der Waals surface area contributed by atoms with E-state index in [4.69, 9.17) is 16.5 Å². The first-order valence-corrected chi connectivity index (χ1v) is 17.0. The van der Waals surface area contributed by atoms with Crippen LogP contribution >= 0.6 is 16.5 Å². The molecule has 0 saturated heterocycles. The Kier molecular flexibility index (Phi) is 23.7. The van der Waals surface area contributed by atoms with Gasteiger partial charge in [-0.25, -0.2) is 0 Å². The fourth-order valence-electron chi connectivity index (χ4n) is 0.500. The van der Waals surface area contributed by atoms with E-state index in [0.29, 0.717) is 0 Å². The fraction of sp³-hybridized carbons (Fsp3) is 1.00. The van der Waals surface area contributed by atoms with Crippen LogP contribution in [-0.2, 0) is 22.1 Å². The Bertz CT molecular complexity index is 30.2. The van der Waals surface area contributed by atoms with Crippen LogP contribution in [0.1, 0.15) is 39.5 Å². The molecule has 0 amide bonds. The number of rotatable bonds is 3. The van der Waals surface area contributed by atoms with Gasteiger partial charge >= 0.3 is 38.6 Å². The Morgan fingerprint density at radius 1 is 1.00 bits per heavy atom. The zero-order valence-corrected chi connectivity index (χ0v) is 13.3. The van der Waals surface area contributed by atoms with Gasteiger partial charge in [-0.05, 0) is 0 Å². The van der Waals surface area contributed by atoms with Crippen LogP contribution in [0.4, 0.5) is 0 Å². The molecule has 0 atom stereocenters. The van der Waals surface area contributed by atoms with Crippen molar-refractivity contribution < 1.29 is 22.1 Å². The van der Waals surface area contributed by atoms with Crippen molar-refractivity contribution in [2.24, 2.45) is 0 Å². The number of unbranched alkanes of at least 4 members (excludes halogenated alkanes) is 3. The van der Waals surface area contributed by atoms with Crippen LogP contribution in [0, 0.1) is 0 Å². The van der Waals surface area contributed by atoms with Gasteiger partial charge in [0.05, 0.1) is 0 Å². The minimum atomic E-state index is -1.14. The summed E-state index contributed by atoms with van der Waals surface area (Å²) in [6, 6.07) is 0. The van der Waals surface area contributed by atoms with Crippen LogP contribution in [0.25, 0.3) is 0 Å². The Balaban J connectivity index is 0. The Labute approximate surface area is 77.6 Å². The van der Waals surface area contributed by atoms with Crippen LogP contribution in [0.5, 0.6) is 0 Å². The van der Waals surface area contributed by atoms with Crippen molar-refractivity contribution >= 4 is 16.5 Å². The first-order valence-electron chi connectivity index (χ1n) is 3.45. The van der Waals surface area contributed by atoms with Gasteiger partial charge in [0.1, 0.15) is 0 Å². The third kappa shape index (κ3) is 26.4. The molecule has 0 bridgehead atoms. The molecule has 0 fully saturated rings. The van der Waals surface area contributed by atoms with Crippen molar-refractivity contribution in [3.8, 4) is 0 Å². The molecule has 0 heterocycles. The number of halogens is 2. The van der Waals surface area contributed by atoms with Gasteiger partial charge in [0.15, 0.2) is 0 Å². The molecule has 0 spiro atoms. The monoisotopic (exact) mass is 358 g/mol. The summed E-state index contributed by atoms with van der Waals surface area (Å²) >= 11 is -1.14. The summed E-state index contributed by atoms with van der Waals surface area (Å²) in [5, 5.41) is 0. The quantitative estimate of drug-likeness (QED) is 0.530. The SMILES string of the molecule is CCCCCC.[Cl][Hg][Cl]. The van der Waals surface area contributed by atoms with E-state index >= 15 is 0 Å².